The van der Waals surface area contributed by atoms with Gasteiger partial charge in [-0.15, -0.1) is 0 Å². The number of nitrogens with zero attached hydrogens (tertiary/aromatic N) is 1. The van der Waals surface area contributed by atoms with E-state index in [1.165, 1.54) is 0 Å². The average Bonchev–Trinajstić information content (AvgIpc) is 3.23. The van der Waals surface area contributed by atoms with Gasteiger partial charge in [-0.05, 0) is 11.1 Å². The number of aromatic nitrogens is 2. The third kappa shape index (κ3) is 3.27. The molecule has 5 nitrogen and oxygen atoms in total. The first kappa shape index (κ1) is 18.2. The topological polar surface area (TPSA) is 78.0 Å². The number of hydrogen-bond donors (Lipinski definition) is 3. The van der Waals surface area contributed by atoms with Crippen molar-refractivity contribution in [3.63, 3.8) is 0 Å². The molecule has 0 aliphatic heterocycles. The van der Waals surface area contributed by atoms with Gasteiger partial charge in [0.25, 0.3) is 0 Å². The summed E-state index contributed by atoms with van der Waals surface area (Å²) in [7, 11) is 0. The van der Waals surface area contributed by atoms with Crippen LogP contribution in [0.5, 0.6) is 0 Å². The van der Waals surface area contributed by atoms with Gasteiger partial charge in [0.1, 0.15) is 11.5 Å². The Balaban J connectivity index is 1.59. The van der Waals surface area contributed by atoms with E-state index in [4.69, 9.17) is 5.21 Å². The summed E-state index contributed by atoms with van der Waals surface area (Å²) < 4.78 is 38.2. The SMILES string of the molecule is O=C(NO)[C@@H]1[C@H](c2ccccc2)[C@H]1c1ccc(-c2ncc(C(F)(F)F)[nH]2)cc1. The number of aromatic amines is 1. The standard InChI is InChI=1S/C20H16F3N3O2/c21-20(22,23)14-10-24-18(25-14)13-8-6-12(7-9-13)16-15(17(16)19(27)26-28)11-4-2-1-3-5-11/h1-10,15-17,28H,(H,24,25)(H,26,27)/t15-,16-,17-/m1/s1. The smallest absolute Gasteiger partial charge is 0.334 e. The van der Waals surface area contributed by atoms with Gasteiger partial charge in [-0.3, -0.25) is 10.0 Å². The molecule has 0 unspecified atom stereocenters. The highest BCUT2D eigenvalue weighted by atomic mass is 19.4. The minimum Gasteiger partial charge on any atom is -0.334 e. The van der Waals surface area contributed by atoms with E-state index >= 15 is 0 Å². The molecular formula is C20H16F3N3O2. The Kier molecular flexibility index (Phi) is 4.43. The van der Waals surface area contributed by atoms with E-state index in [9.17, 15) is 18.0 Å². The van der Waals surface area contributed by atoms with Crippen LogP contribution in [0.2, 0.25) is 0 Å². The molecule has 1 aliphatic carbocycles. The van der Waals surface area contributed by atoms with E-state index in [1.54, 1.807) is 29.7 Å². The molecule has 2 aromatic carbocycles. The lowest BCUT2D eigenvalue weighted by Gasteiger charge is -2.04. The molecule has 8 heteroatoms. The Morgan fingerprint density at radius 1 is 1.00 bits per heavy atom. The van der Waals surface area contributed by atoms with E-state index in [-0.39, 0.29) is 17.7 Å². The maximum Gasteiger partial charge on any atom is 0.432 e. The Morgan fingerprint density at radius 3 is 2.14 bits per heavy atom. The van der Waals surface area contributed by atoms with E-state index in [2.05, 4.69) is 9.97 Å². The predicted octanol–water partition coefficient (Wildman–Crippen LogP) is 4.10. The van der Waals surface area contributed by atoms with Gasteiger partial charge in [-0.1, -0.05) is 54.6 Å². The summed E-state index contributed by atoms with van der Waals surface area (Å²) in [5.41, 5.74) is 3.19. The highest BCUT2D eigenvalue weighted by molar-refractivity contribution is 5.84. The molecule has 1 aliphatic rings. The second-order valence-electron chi connectivity index (χ2n) is 6.73. The second-order valence-corrected chi connectivity index (χ2v) is 6.73. The number of hydroxylamine groups is 1. The van der Waals surface area contributed by atoms with Crippen molar-refractivity contribution in [3.8, 4) is 11.4 Å². The number of imidazole rings is 1. The molecule has 0 spiro atoms. The maximum absolute atomic E-state index is 12.7. The number of benzene rings is 2. The highest BCUT2D eigenvalue weighted by Crippen LogP contribution is 2.60. The van der Waals surface area contributed by atoms with Crippen molar-refractivity contribution >= 4 is 5.91 Å². The minimum absolute atomic E-state index is 0.0698. The van der Waals surface area contributed by atoms with Crippen LogP contribution in [-0.2, 0) is 11.0 Å². The first-order valence-corrected chi connectivity index (χ1v) is 8.61. The Bertz CT molecular complexity index is 984. The molecule has 3 aromatic rings. The largest absolute Gasteiger partial charge is 0.432 e. The molecule has 1 aromatic heterocycles. The molecule has 0 radical (unpaired) electrons. The number of amides is 1. The first-order chi connectivity index (χ1) is 13.4. The zero-order valence-corrected chi connectivity index (χ0v) is 14.4. The maximum atomic E-state index is 12.7. The number of H-pyrrole nitrogens is 1. The van der Waals surface area contributed by atoms with Gasteiger partial charge < -0.3 is 4.98 Å². The summed E-state index contributed by atoms with van der Waals surface area (Å²) >= 11 is 0. The van der Waals surface area contributed by atoms with E-state index in [0.717, 1.165) is 17.3 Å². The fraction of sp³-hybridized carbons (Fsp3) is 0.200. The van der Waals surface area contributed by atoms with Crippen LogP contribution in [0.4, 0.5) is 13.2 Å². The first-order valence-electron chi connectivity index (χ1n) is 8.61. The van der Waals surface area contributed by atoms with Crippen molar-refractivity contribution in [2.45, 2.75) is 18.0 Å². The van der Waals surface area contributed by atoms with E-state index in [0.29, 0.717) is 5.56 Å². The fourth-order valence-electron chi connectivity index (χ4n) is 3.69. The van der Waals surface area contributed by atoms with Gasteiger partial charge in [0.2, 0.25) is 5.91 Å². The van der Waals surface area contributed by atoms with Crippen molar-refractivity contribution in [2.75, 3.05) is 0 Å². The lowest BCUT2D eigenvalue weighted by atomic mass is 10.0. The molecule has 1 heterocycles. The number of alkyl halides is 3. The number of halogens is 3. The highest BCUT2D eigenvalue weighted by Gasteiger charge is 2.56. The minimum atomic E-state index is -4.48. The zero-order valence-electron chi connectivity index (χ0n) is 14.4. The molecule has 4 rings (SSSR count). The van der Waals surface area contributed by atoms with Crippen molar-refractivity contribution in [2.24, 2.45) is 5.92 Å². The Labute approximate surface area is 158 Å². The number of carbonyl (C=O) groups excluding carboxylic acids is 1. The van der Waals surface area contributed by atoms with Crippen molar-refractivity contribution in [1.82, 2.24) is 15.4 Å². The van der Waals surface area contributed by atoms with E-state index < -0.39 is 23.7 Å². The summed E-state index contributed by atoms with van der Waals surface area (Å²) in [6.45, 7) is 0. The number of rotatable bonds is 4. The normalized spacial score (nSPS) is 21.4. The van der Waals surface area contributed by atoms with Crippen LogP contribution in [-0.4, -0.2) is 21.1 Å². The quantitative estimate of drug-likeness (QED) is 0.466. The zero-order chi connectivity index (χ0) is 19.9. The van der Waals surface area contributed by atoms with Gasteiger partial charge in [-0.2, -0.15) is 13.2 Å². The van der Waals surface area contributed by atoms with Crippen molar-refractivity contribution in [3.05, 3.63) is 77.6 Å². The van der Waals surface area contributed by atoms with Crippen LogP contribution in [0.3, 0.4) is 0 Å². The van der Waals surface area contributed by atoms with Gasteiger partial charge in [-0.25, -0.2) is 10.5 Å². The van der Waals surface area contributed by atoms with Gasteiger partial charge in [0, 0.05) is 17.4 Å². The van der Waals surface area contributed by atoms with Crippen LogP contribution in [0, 0.1) is 5.92 Å². The molecule has 1 saturated carbocycles. The van der Waals surface area contributed by atoms with Gasteiger partial charge in [0.15, 0.2) is 0 Å². The van der Waals surface area contributed by atoms with Crippen LogP contribution < -0.4 is 5.48 Å². The lowest BCUT2D eigenvalue weighted by Crippen LogP contribution is -2.21. The Hall–Kier alpha value is -3.13. The third-order valence-corrected chi connectivity index (χ3v) is 5.07. The third-order valence-electron chi connectivity index (χ3n) is 5.07. The molecule has 3 atom stereocenters. The molecule has 1 amide bonds. The number of hydrogen-bond acceptors (Lipinski definition) is 3. The lowest BCUT2D eigenvalue weighted by molar-refractivity contribution is -0.140. The molecule has 3 N–H and O–H groups in total. The molecular weight excluding hydrogens is 371 g/mol. The van der Waals surface area contributed by atoms with Crippen LogP contribution in [0.1, 0.15) is 28.7 Å². The second kappa shape index (κ2) is 6.79. The molecule has 28 heavy (non-hydrogen) atoms. The molecule has 0 bridgehead atoms. The predicted molar refractivity (Wildman–Crippen MR) is 94.4 cm³/mol. The Morgan fingerprint density at radius 2 is 1.61 bits per heavy atom. The van der Waals surface area contributed by atoms with Crippen molar-refractivity contribution < 1.29 is 23.2 Å². The van der Waals surface area contributed by atoms with Gasteiger partial charge in [0.05, 0.1) is 12.1 Å². The summed E-state index contributed by atoms with van der Waals surface area (Å²) in [6, 6.07) is 16.4. The van der Waals surface area contributed by atoms with Crippen LogP contribution in [0.25, 0.3) is 11.4 Å². The number of carbonyl (C=O) groups is 1. The van der Waals surface area contributed by atoms with Gasteiger partial charge >= 0.3 is 6.18 Å². The molecule has 144 valence electrons. The van der Waals surface area contributed by atoms with Crippen LogP contribution >= 0.6 is 0 Å². The summed E-state index contributed by atoms with van der Waals surface area (Å²) in [5, 5.41) is 9.03. The molecule has 0 saturated heterocycles. The van der Waals surface area contributed by atoms with Crippen molar-refractivity contribution in [1.29, 1.82) is 0 Å². The summed E-state index contributed by atoms with van der Waals surface area (Å²) in [5.74, 6) is -0.924. The average molecular weight is 387 g/mol. The molecule has 1 fully saturated rings. The monoisotopic (exact) mass is 387 g/mol. The fourth-order valence-corrected chi connectivity index (χ4v) is 3.69. The van der Waals surface area contributed by atoms with E-state index in [1.807, 2.05) is 30.3 Å². The summed E-state index contributed by atoms with van der Waals surface area (Å²) in [6.07, 6.45) is -3.72. The van der Waals surface area contributed by atoms with Crippen LogP contribution in [0.15, 0.2) is 60.8 Å². The number of nitrogens with one attached hydrogen (secondary N) is 2. The summed E-state index contributed by atoms with van der Waals surface area (Å²) in [4.78, 5) is 18.1.